The van der Waals surface area contributed by atoms with E-state index in [1.807, 2.05) is 0 Å². The lowest BCUT2D eigenvalue weighted by Crippen LogP contribution is -2.28. The summed E-state index contributed by atoms with van der Waals surface area (Å²) < 4.78 is 2.25. The van der Waals surface area contributed by atoms with Crippen molar-refractivity contribution in [3.05, 3.63) is 12.3 Å². The summed E-state index contributed by atoms with van der Waals surface area (Å²) >= 11 is 0. The van der Waals surface area contributed by atoms with Crippen LogP contribution in [0.5, 0.6) is 0 Å². The van der Waals surface area contributed by atoms with Crippen LogP contribution in [0.3, 0.4) is 0 Å². The van der Waals surface area contributed by atoms with Crippen molar-refractivity contribution in [1.29, 1.82) is 0 Å². The lowest BCUT2D eigenvalue weighted by molar-refractivity contribution is -0.538. The quantitative estimate of drug-likeness (QED) is 0.463. The third-order valence-corrected chi connectivity index (χ3v) is 1.45. The monoisotopic (exact) mass is 125 g/mol. The average molecular weight is 125 g/mol. The number of hydrogen-bond acceptors (Lipinski definition) is 1. The Balaban J connectivity index is 2.55. The van der Waals surface area contributed by atoms with E-state index in [0.29, 0.717) is 0 Å². The van der Waals surface area contributed by atoms with Gasteiger partial charge in [-0.1, -0.05) is 0 Å². The number of nitrogens with zero attached hydrogens (tertiary/aromatic N) is 2. The van der Waals surface area contributed by atoms with Crippen molar-refractivity contribution in [2.75, 3.05) is 20.3 Å². The fourth-order valence-corrected chi connectivity index (χ4v) is 0.893. The molecule has 0 aromatic heterocycles. The summed E-state index contributed by atoms with van der Waals surface area (Å²) in [4.78, 5) is 2.16. The lowest BCUT2D eigenvalue weighted by atomic mass is 10.5. The molecular weight excluding hydrogens is 112 g/mol. The molecule has 9 heavy (non-hydrogen) atoms. The summed E-state index contributed by atoms with van der Waals surface area (Å²) in [6.45, 7) is 4.27. The van der Waals surface area contributed by atoms with Crippen molar-refractivity contribution in [3.8, 4) is 0 Å². The van der Waals surface area contributed by atoms with Gasteiger partial charge in [0.15, 0.2) is 6.21 Å². The normalized spacial score (nSPS) is 18.0. The number of hydrogen-bond donors (Lipinski definition) is 0. The maximum Gasteiger partial charge on any atom is 0.217 e. The van der Waals surface area contributed by atoms with E-state index in [-0.39, 0.29) is 0 Å². The van der Waals surface area contributed by atoms with Crippen LogP contribution in [-0.4, -0.2) is 36.0 Å². The van der Waals surface area contributed by atoms with Gasteiger partial charge >= 0.3 is 0 Å². The van der Waals surface area contributed by atoms with Gasteiger partial charge in [0.25, 0.3) is 0 Å². The third-order valence-electron chi connectivity index (χ3n) is 1.45. The SMILES string of the molecule is CC[N+]1=CC=CN(C)C1. The molecule has 0 aromatic carbocycles. The molecule has 0 atom stereocenters. The van der Waals surface area contributed by atoms with Gasteiger partial charge in [-0.15, -0.1) is 0 Å². The Kier molecular flexibility index (Phi) is 1.88. The summed E-state index contributed by atoms with van der Waals surface area (Å²) in [5.74, 6) is 0. The van der Waals surface area contributed by atoms with Crippen molar-refractivity contribution in [1.82, 2.24) is 4.90 Å². The Morgan fingerprint density at radius 2 is 2.44 bits per heavy atom. The highest BCUT2D eigenvalue weighted by molar-refractivity contribution is 5.66. The van der Waals surface area contributed by atoms with Gasteiger partial charge in [-0.05, 0) is 6.92 Å². The molecule has 2 heteroatoms. The van der Waals surface area contributed by atoms with Gasteiger partial charge in [-0.2, -0.15) is 0 Å². The lowest BCUT2D eigenvalue weighted by Gasteiger charge is -2.13. The van der Waals surface area contributed by atoms with Crippen LogP contribution in [0, 0.1) is 0 Å². The van der Waals surface area contributed by atoms with Gasteiger partial charge in [0.2, 0.25) is 6.67 Å². The first-order chi connectivity index (χ1) is 4.33. The molecule has 0 aliphatic carbocycles. The highest BCUT2D eigenvalue weighted by Gasteiger charge is 2.04. The molecule has 1 rings (SSSR count). The Bertz CT molecular complexity index is 147. The van der Waals surface area contributed by atoms with E-state index in [0.717, 1.165) is 13.2 Å². The largest absolute Gasteiger partial charge is 0.327 e. The van der Waals surface area contributed by atoms with E-state index in [1.165, 1.54) is 0 Å². The Labute approximate surface area is 56.1 Å². The molecule has 50 valence electrons. The maximum absolute atomic E-state index is 2.25. The van der Waals surface area contributed by atoms with Crippen molar-refractivity contribution < 1.29 is 4.58 Å². The minimum atomic E-state index is 1.02. The first-order valence-corrected chi connectivity index (χ1v) is 3.29. The van der Waals surface area contributed by atoms with Crippen molar-refractivity contribution in [2.24, 2.45) is 0 Å². The van der Waals surface area contributed by atoms with Crippen LogP contribution in [0.1, 0.15) is 6.92 Å². The van der Waals surface area contributed by atoms with E-state index in [9.17, 15) is 0 Å². The molecule has 0 amide bonds. The molecule has 0 spiro atoms. The molecule has 0 bridgehead atoms. The van der Waals surface area contributed by atoms with Crippen molar-refractivity contribution >= 4 is 6.21 Å². The Morgan fingerprint density at radius 1 is 1.67 bits per heavy atom. The number of allylic oxidation sites excluding steroid dienone is 1. The smallest absolute Gasteiger partial charge is 0.217 e. The Hall–Kier alpha value is -0.790. The summed E-state index contributed by atoms with van der Waals surface area (Å²) in [5, 5.41) is 0. The van der Waals surface area contributed by atoms with Gasteiger partial charge < -0.3 is 4.90 Å². The van der Waals surface area contributed by atoms with Crippen LogP contribution < -0.4 is 0 Å². The second kappa shape index (κ2) is 2.67. The third kappa shape index (κ3) is 1.56. The van der Waals surface area contributed by atoms with E-state index < -0.39 is 0 Å². The van der Waals surface area contributed by atoms with Crippen LogP contribution in [0.25, 0.3) is 0 Å². The molecule has 0 radical (unpaired) electrons. The second-order valence-electron chi connectivity index (χ2n) is 2.29. The second-order valence-corrected chi connectivity index (χ2v) is 2.29. The van der Waals surface area contributed by atoms with E-state index in [1.54, 1.807) is 0 Å². The summed E-state index contributed by atoms with van der Waals surface area (Å²) in [6, 6.07) is 0. The average Bonchev–Trinajstić information content (AvgIpc) is 1.88. The number of rotatable bonds is 1. The van der Waals surface area contributed by atoms with E-state index in [2.05, 4.69) is 41.9 Å². The van der Waals surface area contributed by atoms with Gasteiger partial charge in [-0.25, -0.2) is 4.58 Å². The van der Waals surface area contributed by atoms with Gasteiger partial charge in [0.05, 0.1) is 0 Å². The summed E-state index contributed by atoms with van der Waals surface area (Å²) in [7, 11) is 2.08. The van der Waals surface area contributed by atoms with Gasteiger partial charge in [0.1, 0.15) is 6.54 Å². The minimum Gasteiger partial charge on any atom is -0.327 e. The molecule has 0 fully saturated rings. The predicted molar refractivity (Wildman–Crippen MR) is 38.6 cm³/mol. The zero-order valence-corrected chi connectivity index (χ0v) is 6.04. The summed E-state index contributed by atoms with van der Waals surface area (Å²) in [6.07, 6.45) is 6.25. The van der Waals surface area contributed by atoms with E-state index in [4.69, 9.17) is 0 Å². The van der Waals surface area contributed by atoms with E-state index >= 15 is 0 Å². The highest BCUT2D eigenvalue weighted by Crippen LogP contribution is 1.89. The van der Waals surface area contributed by atoms with Gasteiger partial charge in [-0.3, -0.25) is 0 Å². The fraction of sp³-hybridized carbons (Fsp3) is 0.571. The molecular formula is C7H13N2+. The standard InChI is InChI=1S/C7H13N2/c1-3-9-6-4-5-8(2)7-9/h4-6H,3,7H2,1-2H3/q+1. The first-order valence-electron chi connectivity index (χ1n) is 3.29. The van der Waals surface area contributed by atoms with Crippen LogP contribution in [0.2, 0.25) is 0 Å². The molecule has 0 saturated carbocycles. The molecule has 1 aliphatic rings. The first kappa shape index (κ1) is 6.33. The van der Waals surface area contributed by atoms with Crippen LogP contribution >= 0.6 is 0 Å². The minimum absolute atomic E-state index is 1.02. The molecule has 0 unspecified atom stereocenters. The maximum atomic E-state index is 2.25. The zero-order chi connectivity index (χ0) is 6.69. The zero-order valence-electron chi connectivity index (χ0n) is 6.04. The highest BCUT2D eigenvalue weighted by atomic mass is 15.2. The van der Waals surface area contributed by atoms with Crippen LogP contribution in [0.15, 0.2) is 12.3 Å². The predicted octanol–water partition coefficient (Wildman–Crippen LogP) is 0.506. The van der Waals surface area contributed by atoms with Crippen molar-refractivity contribution in [2.45, 2.75) is 6.92 Å². The topological polar surface area (TPSA) is 6.25 Å². The van der Waals surface area contributed by atoms with Crippen LogP contribution in [0.4, 0.5) is 0 Å². The molecule has 0 N–H and O–H groups in total. The van der Waals surface area contributed by atoms with Crippen LogP contribution in [-0.2, 0) is 0 Å². The Morgan fingerprint density at radius 3 is 2.89 bits per heavy atom. The molecule has 1 heterocycles. The van der Waals surface area contributed by atoms with Crippen molar-refractivity contribution in [3.63, 3.8) is 0 Å². The molecule has 2 nitrogen and oxygen atoms in total. The molecule has 0 saturated heterocycles. The van der Waals surface area contributed by atoms with Gasteiger partial charge in [0, 0.05) is 19.3 Å². The molecule has 0 aromatic rings. The summed E-state index contributed by atoms with van der Waals surface area (Å²) in [5.41, 5.74) is 0. The molecule has 1 aliphatic heterocycles. The fourth-order valence-electron chi connectivity index (χ4n) is 0.893.